The molecule has 2 aromatic carbocycles. The van der Waals surface area contributed by atoms with E-state index in [4.69, 9.17) is 0 Å². The van der Waals surface area contributed by atoms with Gasteiger partial charge in [0, 0.05) is 5.69 Å². The molecule has 0 saturated carbocycles. The quantitative estimate of drug-likeness (QED) is 0.839. The number of amides is 3. The van der Waals surface area contributed by atoms with Gasteiger partial charge in [0.1, 0.15) is 6.04 Å². The van der Waals surface area contributed by atoms with Gasteiger partial charge in [-0.05, 0) is 36.1 Å². The Morgan fingerprint density at radius 2 is 1.50 bits per heavy atom. The summed E-state index contributed by atoms with van der Waals surface area (Å²) >= 11 is 0. The van der Waals surface area contributed by atoms with Crippen molar-refractivity contribution in [3.05, 3.63) is 65.2 Å². The third kappa shape index (κ3) is 3.01. The summed E-state index contributed by atoms with van der Waals surface area (Å²) in [4.78, 5) is 39.6. The molecule has 134 valence electrons. The van der Waals surface area contributed by atoms with Gasteiger partial charge in [0.15, 0.2) is 0 Å². The molecule has 26 heavy (non-hydrogen) atoms. The molecule has 0 aliphatic carbocycles. The van der Waals surface area contributed by atoms with Crippen LogP contribution in [0.25, 0.3) is 0 Å². The molecule has 0 spiro atoms. The normalized spacial score (nSPS) is 14.5. The highest BCUT2D eigenvalue weighted by Crippen LogP contribution is 2.28. The van der Waals surface area contributed by atoms with Crippen LogP contribution in [0.4, 0.5) is 5.69 Å². The molecule has 2 aromatic rings. The minimum absolute atomic E-state index is 0.217. The molecule has 0 saturated heterocycles. The largest absolute Gasteiger partial charge is 0.324 e. The lowest BCUT2D eigenvalue weighted by atomic mass is 10.0. The average Bonchev–Trinajstić information content (AvgIpc) is 2.88. The van der Waals surface area contributed by atoms with Gasteiger partial charge >= 0.3 is 0 Å². The van der Waals surface area contributed by atoms with Crippen LogP contribution < -0.4 is 5.32 Å². The number of imide groups is 1. The Morgan fingerprint density at radius 1 is 0.962 bits per heavy atom. The Balaban J connectivity index is 1.92. The van der Waals surface area contributed by atoms with E-state index < -0.39 is 17.9 Å². The molecule has 0 radical (unpaired) electrons. The smallest absolute Gasteiger partial charge is 0.262 e. The number of nitrogens with zero attached hydrogens (tertiary/aromatic N) is 1. The highest BCUT2D eigenvalue weighted by atomic mass is 16.2. The number of carbonyl (C=O) groups is 3. The van der Waals surface area contributed by atoms with Crippen molar-refractivity contribution in [2.45, 2.75) is 33.2 Å². The van der Waals surface area contributed by atoms with Gasteiger partial charge in [-0.25, -0.2) is 0 Å². The lowest BCUT2D eigenvalue weighted by molar-refractivity contribution is -0.121. The highest BCUT2D eigenvalue weighted by molar-refractivity contribution is 6.23. The van der Waals surface area contributed by atoms with Gasteiger partial charge in [-0.2, -0.15) is 0 Å². The number of hydrogen-bond donors (Lipinski definition) is 1. The first kappa shape index (κ1) is 17.9. The third-order valence-corrected chi connectivity index (χ3v) is 4.66. The van der Waals surface area contributed by atoms with E-state index in [1.807, 2.05) is 45.0 Å². The van der Waals surface area contributed by atoms with E-state index in [1.54, 1.807) is 24.3 Å². The fraction of sp³-hybridized carbons (Fsp3) is 0.286. The number of anilines is 1. The number of nitrogens with one attached hydrogen (secondary N) is 1. The molecule has 0 bridgehead atoms. The van der Waals surface area contributed by atoms with Crippen molar-refractivity contribution >= 4 is 23.4 Å². The number of fused-ring (bicyclic) bond motifs is 1. The molecular weight excluding hydrogens is 328 g/mol. The molecule has 1 aliphatic rings. The van der Waals surface area contributed by atoms with Gasteiger partial charge in [0.05, 0.1) is 11.1 Å². The fourth-order valence-corrected chi connectivity index (χ4v) is 3.34. The third-order valence-electron chi connectivity index (χ3n) is 4.66. The minimum Gasteiger partial charge on any atom is -0.324 e. The number of carbonyl (C=O) groups excluding carboxylic acids is 3. The van der Waals surface area contributed by atoms with Gasteiger partial charge in [-0.15, -0.1) is 0 Å². The summed E-state index contributed by atoms with van der Waals surface area (Å²) < 4.78 is 0. The summed E-state index contributed by atoms with van der Waals surface area (Å²) in [5.41, 5.74) is 2.42. The van der Waals surface area contributed by atoms with Crippen molar-refractivity contribution in [3.8, 4) is 0 Å². The SMILES string of the molecule is CCc1ccccc1NC(=O)C(C(C)C)N1C(=O)c2ccccc2C1=O. The van der Waals surface area contributed by atoms with E-state index in [0.29, 0.717) is 16.8 Å². The Morgan fingerprint density at radius 3 is 2.04 bits per heavy atom. The van der Waals surface area contributed by atoms with Crippen molar-refractivity contribution in [1.82, 2.24) is 4.90 Å². The number of benzene rings is 2. The summed E-state index contributed by atoms with van der Waals surface area (Å²) in [7, 11) is 0. The molecule has 1 heterocycles. The Hall–Kier alpha value is -2.95. The van der Waals surface area contributed by atoms with E-state index in [1.165, 1.54) is 0 Å². The maximum atomic E-state index is 13.0. The second kappa shape index (κ2) is 7.12. The van der Waals surface area contributed by atoms with E-state index in [2.05, 4.69) is 5.32 Å². The maximum Gasteiger partial charge on any atom is 0.262 e. The van der Waals surface area contributed by atoms with Gasteiger partial charge in [0.2, 0.25) is 5.91 Å². The van der Waals surface area contributed by atoms with Crippen molar-refractivity contribution in [2.75, 3.05) is 5.32 Å². The van der Waals surface area contributed by atoms with E-state index in [0.717, 1.165) is 16.9 Å². The second-order valence-corrected chi connectivity index (χ2v) is 6.71. The zero-order valence-electron chi connectivity index (χ0n) is 15.2. The second-order valence-electron chi connectivity index (χ2n) is 6.71. The van der Waals surface area contributed by atoms with Crippen LogP contribution in [-0.4, -0.2) is 28.7 Å². The molecule has 1 unspecified atom stereocenters. The molecule has 3 rings (SSSR count). The van der Waals surface area contributed by atoms with E-state index >= 15 is 0 Å². The maximum absolute atomic E-state index is 13.0. The molecule has 1 N–H and O–H groups in total. The van der Waals surface area contributed by atoms with Crippen molar-refractivity contribution in [3.63, 3.8) is 0 Å². The molecule has 0 fully saturated rings. The molecule has 1 atom stereocenters. The van der Waals surface area contributed by atoms with Gasteiger partial charge in [-0.1, -0.05) is 51.1 Å². The first-order valence-corrected chi connectivity index (χ1v) is 8.81. The molecule has 1 aliphatic heterocycles. The zero-order chi connectivity index (χ0) is 18.8. The highest BCUT2D eigenvalue weighted by Gasteiger charge is 2.43. The van der Waals surface area contributed by atoms with Crippen LogP contribution in [0.15, 0.2) is 48.5 Å². The predicted octanol–water partition coefficient (Wildman–Crippen LogP) is 3.51. The predicted molar refractivity (Wildman–Crippen MR) is 100 cm³/mol. The van der Waals surface area contributed by atoms with Crippen molar-refractivity contribution < 1.29 is 14.4 Å². The fourth-order valence-electron chi connectivity index (χ4n) is 3.34. The van der Waals surface area contributed by atoms with Crippen LogP contribution in [0.1, 0.15) is 47.1 Å². The van der Waals surface area contributed by atoms with Crippen LogP contribution in [-0.2, 0) is 11.2 Å². The average molecular weight is 350 g/mol. The number of para-hydroxylation sites is 1. The van der Waals surface area contributed by atoms with Crippen molar-refractivity contribution in [1.29, 1.82) is 0 Å². The van der Waals surface area contributed by atoms with Crippen LogP contribution in [0.3, 0.4) is 0 Å². The molecule has 3 amide bonds. The van der Waals surface area contributed by atoms with Gasteiger partial charge in [-0.3, -0.25) is 19.3 Å². The van der Waals surface area contributed by atoms with Crippen molar-refractivity contribution in [2.24, 2.45) is 5.92 Å². The van der Waals surface area contributed by atoms with Crippen LogP contribution in [0.2, 0.25) is 0 Å². The number of rotatable bonds is 5. The monoisotopic (exact) mass is 350 g/mol. The summed E-state index contributed by atoms with van der Waals surface area (Å²) in [6.45, 7) is 5.67. The summed E-state index contributed by atoms with van der Waals surface area (Å²) in [5, 5.41) is 2.90. The lowest BCUT2D eigenvalue weighted by Crippen LogP contribution is -2.50. The Kier molecular flexibility index (Phi) is 4.89. The first-order valence-electron chi connectivity index (χ1n) is 8.81. The summed E-state index contributed by atoms with van der Waals surface area (Å²) in [6.07, 6.45) is 0.774. The molecule has 0 aromatic heterocycles. The Labute approximate surface area is 153 Å². The Bertz CT molecular complexity index is 838. The summed E-state index contributed by atoms with van der Waals surface area (Å²) in [5.74, 6) is -1.40. The molecule has 5 heteroatoms. The molecular formula is C21H22N2O3. The lowest BCUT2D eigenvalue weighted by Gasteiger charge is -2.28. The topological polar surface area (TPSA) is 66.5 Å². The zero-order valence-corrected chi connectivity index (χ0v) is 15.2. The first-order chi connectivity index (χ1) is 12.5. The van der Waals surface area contributed by atoms with Crippen LogP contribution >= 0.6 is 0 Å². The molecule has 5 nitrogen and oxygen atoms in total. The van der Waals surface area contributed by atoms with Crippen LogP contribution in [0.5, 0.6) is 0 Å². The van der Waals surface area contributed by atoms with E-state index in [-0.39, 0.29) is 11.8 Å². The number of hydrogen-bond acceptors (Lipinski definition) is 3. The van der Waals surface area contributed by atoms with Crippen LogP contribution in [0, 0.1) is 5.92 Å². The summed E-state index contributed by atoms with van der Waals surface area (Å²) in [6, 6.07) is 13.4. The minimum atomic E-state index is -0.868. The van der Waals surface area contributed by atoms with Gasteiger partial charge < -0.3 is 5.32 Å². The standard InChI is InChI=1S/C21H22N2O3/c1-4-14-9-5-8-12-17(14)22-19(24)18(13(2)3)23-20(25)15-10-6-7-11-16(15)21(23)26/h5-13,18H,4H2,1-3H3,(H,22,24). The van der Waals surface area contributed by atoms with Gasteiger partial charge in [0.25, 0.3) is 11.8 Å². The number of aryl methyl sites for hydroxylation is 1. The van der Waals surface area contributed by atoms with E-state index in [9.17, 15) is 14.4 Å².